The predicted molar refractivity (Wildman–Crippen MR) is 112 cm³/mol. The summed E-state index contributed by atoms with van der Waals surface area (Å²) in [4.78, 5) is 4.50. The molecule has 0 fully saturated rings. The standard InChI is InChI=1S/C24H19NO3/c1-27-19-11-13-21(14-12-19)28-20-9-7-18(8-10-20)25-16-23-22-5-3-2-4-17(22)6-15-24(23)26/h2-16,26H,1H3. The van der Waals surface area contributed by atoms with Crippen LogP contribution in [-0.4, -0.2) is 18.4 Å². The minimum Gasteiger partial charge on any atom is -0.507 e. The highest BCUT2D eigenvalue weighted by Crippen LogP contribution is 2.28. The van der Waals surface area contributed by atoms with Crippen LogP contribution < -0.4 is 9.47 Å². The Morgan fingerprint density at radius 2 is 1.39 bits per heavy atom. The fraction of sp³-hybridized carbons (Fsp3) is 0.0417. The molecule has 4 heteroatoms. The molecule has 0 heterocycles. The molecule has 0 atom stereocenters. The van der Waals surface area contributed by atoms with Gasteiger partial charge in [0, 0.05) is 11.8 Å². The van der Waals surface area contributed by atoms with Crippen LogP contribution in [0.1, 0.15) is 5.56 Å². The SMILES string of the molecule is COc1ccc(Oc2ccc(N=Cc3c(O)ccc4ccccc34)cc2)cc1. The van der Waals surface area contributed by atoms with Gasteiger partial charge in [-0.1, -0.05) is 30.3 Å². The van der Waals surface area contributed by atoms with Gasteiger partial charge in [-0.15, -0.1) is 0 Å². The normalized spacial score (nSPS) is 11.0. The van der Waals surface area contributed by atoms with Crippen LogP contribution in [0.2, 0.25) is 0 Å². The van der Waals surface area contributed by atoms with Crippen LogP contribution in [0.15, 0.2) is 89.9 Å². The van der Waals surface area contributed by atoms with Crippen LogP contribution in [0.5, 0.6) is 23.0 Å². The van der Waals surface area contributed by atoms with E-state index in [1.807, 2.05) is 78.9 Å². The van der Waals surface area contributed by atoms with Gasteiger partial charge in [-0.2, -0.15) is 0 Å². The summed E-state index contributed by atoms with van der Waals surface area (Å²) in [5.74, 6) is 2.45. The first kappa shape index (κ1) is 17.6. The summed E-state index contributed by atoms with van der Waals surface area (Å²) in [5, 5.41) is 12.2. The number of aromatic hydroxyl groups is 1. The summed E-state index contributed by atoms with van der Waals surface area (Å²) in [6, 6.07) is 26.4. The van der Waals surface area contributed by atoms with Crippen molar-refractivity contribution in [1.29, 1.82) is 0 Å². The van der Waals surface area contributed by atoms with Crippen LogP contribution in [0.25, 0.3) is 10.8 Å². The van der Waals surface area contributed by atoms with Crippen molar-refractivity contribution in [3.8, 4) is 23.0 Å². The molecule has 4 rings (SSSR count). The van der Waals surface area contributed by atoms with Gasteiger partial charge >= 0.3 is 0 Å². The number of nitrogens with zero attached hydrogens (tertiary/aromatic N) is 1. The molecule has 1 N–H and O–H groups in total. The number of aliphatic imine (C=N–C) groups is 1. The van der Waals surface area contributed by atoms with E-state index in [4.69, 9.17) is 9.47 Å². The maximum atomic E-state index is 10.2. The maximum absolute atomic E-state index is 10.2. The summed E-state index contributed by atoms with van der Waals surface area (Å²) in [5.41, 5.74) is 1.48. The van der Waals surface area contributed by atoms with Gasteiger partial charge in [0.25, 0.3) is 0 Å². The Hall–Kier alpha value is -3.79. The molecule has 0 unspecified atom stereocenters. The minimum absolute atomic E-state index is 0.210. The largest absolute Gasteiger partial charge is 0.507 e. The smallest absolute Gasteiger partial charge is 0.127 e. The average Bonchev–Trinajstić information content (AvgIpc) is 2.75. The van der Waals surface area contributed by atoms with Gasteiger partial charge in [0.1, 0.15) is 23.0 Å². The van der Waals surface area contributed by atoms with Crippen molar-refractivity contribution >= 4 is 22.7 Å². The number of benzene rings is 4. The number of rotatable bonds is 5. The van der Waals surface area contributed by atoms with E-state index >= 15 is 0 Å². The van der Waals surface area contributed by atoms with E-state index in [-0.39, 0.29) is 5.75 Å². The summed E-state index contributed by atoms with van der Waals surface area (Å²) < 4.78 is 11.0. The van der Waals surface area contributed by atoms with E-state index in [1.54, 1.807) is 19.4 Å². The topological polar surface area (TPSA) is 51.0 Å². The van der Waals surface area contributed by atoms with Crippen LogP contribution in [0.3, 0.4) is 0 Å². The Morgan fingerprint density at radius 3 is 2.11 bits per heavy atom. The van der Waals surface area contributed by atoms with E-state index in [0.717, 1.165) is 33.7 Å². The molecule has 4 nitrogen and oxygen atoms in total. The molecule has 0 saturated heterocycles. The van der Waals surface area contributed by atoms with Crippen LogP contribution >= 0.6 is 0 Å². The van der Waals surface area contributed by atoms with E-state index in [0.29, 0.717) is 5.56 Å². The van der Waals surface area contributed by atoms with Crippen molar-refractivity contribution < 1.29 is 14.6 Å². The van der Waals surface area contributed by atoms with Gasteiger partial charge in [-0.25, -0.2) is 0 Å². The Bertz CT molecular complexity index is 1120. The fourth-order valence-corrected chi connectivity index (χ4v) is 2.94. The van der Waals surface area contributed by atoms with Gasteiger partial charge in [-0.3, -0.25) is 4.99 Å². The average molecular weight is 369 g/mol. The third-order valence-corrected chi connectivity index (χ3v) is 4.42. The summed E-state index contributed by atoms with van der Waals surface area (Å²) in [7, 11) is 1.63. The van der Waals surface area contributed by atoms with E-state index in [9.17, 15) is 5.11 Å². The van der Waals surface area contributed by atoms with Crippen molar-refractivity contribution in [2.75, 3.05) is 7.11 Å². The predicted octanol–water partition coefficient (Wildman–Crippen LogP) is 6.10. The molecule has 0 aromatic heterocycles. The molecule has 0 aliphatic heterocycles. The van der Waals surface area contributed by atoms with Crippen LogP contribution in [0, 0.1) is 0 Å². The number of hydrogen-bond donors (Lipinski definition) is 1. The second-order valence-corrected chi connectivity index (χ2v) is 6.25. The molecule has 138 valence electrons. The molecule has 0 spiro atoms. The number of phenols is 1. The summed E-state index contributed by atoms with van der Waals surface area (Å²) in [6.07, 6.45) is 1.69. The first-order valence-corrected chi connectivity index (χ1v) is 8.90. The van der Waals surface area contributed by atoms with Crippen molar-refractivity contribution in [2.45, 2.75) is 0 Å². The lowest BCUT2D eigenvalue weighted by molar-refractivity contribution is 0.413. The molecule has 0 aliphatic rings. The molecule has 4 aromatic carbocycles. The number of ether oxygens (including phenoxy) is 2. The van der Waals surface area contributed by atoms with Crippen LogP contribution in [-0.2, 0) is 0 Å². The van der Waals surface area contributed by atoms with E-state index in [1.165, 1.54) is 0 Å². The van der Waals surface area contributed by atoms with Crippen LogP contribution in [0.4, 0.5) is 5.69 Å². The lowest BCUT2D eigenvalue weighted by Gasteiger charge is -2.07. The molecule has 0 aliphatic carbocycles. The Morgan fingerprint density at radius 1 is 0.750 bits per heavy atom. The summed E-state index contributed by atoms with van der Waals surface area (Å²) >= 11 is 0. The van der Waals surface area contributed by atoms with Gasteiger partial charge in [0.15, 0.2) is 0 Å². The third-order valence-electron chi connectivity index (χ3n) is 4.42. The Balaban J connectivity index is 1.52. The Labute approximate surface area is 163 Å². The zero-order valence-electron chi connectivity index (χ0n) is 15.4. The number of fused-ring (bicyclic) bond motifs is 1. The molecular formula is C24H19NO3. The number of hydrogen-bond acceptors (Lipinski definition) is 4. The minimum atomic E-state index is 0.210. The van der Waals surface area contributed by atoms with E-state index in [2.05, 4.69) is 4.99 Å². The highest BCUT2D eigenvalue weighted by atomic mass is 16.5. The zero-order chi connectivity index (χ0) is 19.3. The highest BCUT2D eigenvalue weighted by Gasteiger charge is 2.04. The lowest BCUT2D eigenvalue weighted by Crippen LogP contribution is -1.86. The molecule has 0 radical (unpaired) electrons. The highest BCUT2D eigenvalue weighted by molar-refractivity contribution is 6.02. The third kappa shape index (κ3) is 3.81. The maximum Gasteiger partial charge on any atom is 0.127 e. The van der Waals surface area contributed by atoms with Crippen molar-refractivity contribution in [2.24, 2.45) is 4.99 Å². The quantitative estimate of drug-likeness (QED) is 0.433. The monoisotopic (exact) mass is 369 g/mol. The van der Waals surface area contributed by atoms with Gasteiger partial charge in [0.2, 0.25) is 0 Å². The first-order valence-electron chi connectivity index (χ1n) is 8.90. The molecule has 0 amide bonds. The molecule has 4 aromatic rings. The molecule has 0 saturated carbocycles. The van der Waals surface area contributed by atoms with Gasteiger partial charge < -0.3 is 14.6 Å². The number of methoxy groups -OCH3 is 1. The molecule has 28 heavy (non-hydrogen) atoms. The lowest BCUT2D eigenvalue weighted by atomic mass is 10.0. The second-order valence-electron chi connectivity index (χ2n) is 6.25. The number of phenolic OH excluding ortho intramolecular Hbond substituents is 1. The van der Waals surface area contributed by atoms with Crippen molar-refractivity contribution in [3.63, 3.8) is 0 Å². The van der Waals surface area contributed by atoms with Crippen molar-refractivity contribution in [1.82, 2.24) is 0 Å². The first-order chi connectivity index (χ1) is 13.7. The molecular weight excluding hydrogens is 350 g/mol. The summed E-state index contributed by atoms with van der Waals surface area (Å²) in [6.45, 7) is 0. The fourth-order valence-electron chi connectivity index (χ4n) is 2.94. The van der Waals surface area contributed by atoms with E-state index < -0.39 is 0 Å². The van der Waals surface area contributed by atoms with Gasteiger partial charge in [0.05, 0.1) is 12.8 Å². The second kappa shape index (κ2) is 7.84. The van der Waals surface area contributed by atoms with Gasteiger partial charge in [-0.05, 0) is 65.4 Å². The Kier molecular flexibility index (Phi) is 4.93. The molecule has 0 bridgehead atoms. The van der Waals surface area contributed by atoms with Crippen molar-refractivity contribution in [3.05, 3.63) is 90.5 Å². The zero-order valence-corrected chi connectivity index (χ0v) is 15.4.